The number of ether oxygens (including phenoxy) is 3. The normalized spacial score (nSPS) is 14.7. The molecule has 2 heterocycles. The molecule has 0 aliphatic carbocycles. The average molecular weight is 464 g/mol. The molecular weight excluding hydrogens is 434 g/mol. The summed E-state index contributed by atoms with van der Waals surface area (Å²) in [6, 6.07) is 7.88. The molecule has 3 rings (SSSR count). The minimum Gasteiger partial charge on any atom is -0.496 e. The number of rotatable bonds is 10. The minimum absolute atomic E-state index is 0.0373. The number of carbonyl (C=O) groups excluding carboxylic acids is 1. The zero-order chi connectivity index (χ0) is 23.0. The van der Waals surface area contributed by atoms with E-state index in [2.05, 4.69) is 17.2 Å². The summed E-state index contributed by atoms with van der Waals surface area (Å²) in [7, 11) is -2.31. The lowest BCUT2D eigenvalue weighted by atomic mass is 10.1. The number of aromatic nitrogens is 1. The molecule has 174 valence electrons. The molecule has 0 saturated carbocycles. The molecule has 0 spiro atoms. The number of benzene rings is 1. The van der Waals surface area contributed by atoms with E-state index >= 15 is 0 Å². The van der Waals surface area contributed by atoms with Gasteiger partial charge in [0.15, 0.2) is 0 Å². The second-order valence-electron chi connectivity index (χ2n) is 7.23. The van der Waals surface area contributed by atoms with Gasteiger partial charge in [-0.25, -0.2) is 13.4 Å². The van der Waals surface area contributed by atoms with E-state index < -0.39 is 15.9 Å². The highest BCUT2D eigenvalue weighted by atomic mass is 32.2. The van der Waals surface area contributed by atoms with Crippen LogP contribution in [0.2, 0.25) is 0 Å². The first-order valence-electron chi connectivity index (χ1n) is 10.6. The van der Waals surface area contributed by atoms with E-state index in [1.165, 1.54) is 29.6 Å². The van der Waals surface area contributed by atoms with Gasteiger partial charge in [0.1, 0.15) is 5.75 Å². The maximum Gasteiger partial charge on any atom is 0.255 e. The van der Waals surface area contributed by atoms with Gasteiger partial charge in [0, 0.05) is 31.4 Å². The van der Waals surface area contributed by atoms with Crippen molar-refractivity contribution in [1.29, 1.82) is 0 Å². The predicted molar refractivity (Wildman–Crippen MR) is 118 cm³/mol. The summed E-state index contributed by atoms with van der Waals surface area (Å²) < 4.78 is 43.6. The first-order chi connectivity index (χ1) is 15.5. The van der Waals surface area contributed by atoms with Gasteiger partial charge < -0.3 is 19.5 Å². The first-order valence-corrected chi connectivity index (χ1v) is 12.0. The Balaban J connectivity index is 1.77. The number of pyridine rings is 1. The van der Waals surface area contributed by atoms with Gasteiger partial charge in [-0.15, -0.1) is 0 Å². The van der Waals surface area contributed by atoms with Crippen LogP contribution >= 0.6 is 0 Å². The Kier molecular flexibility index (Phi) is 8.43. The Labute approximate surface area is 188 Å². The SMILES string of the molecule is CCCCOc1ncccc1CNC(=O)c1cc(S(=O)(=O)N2CCOCC2)ccc1OC. The number of carbonyl (C=O) groups is 1. The smallest absolute Gasteiger partial charge is 0.255 e. The van der Waals surface area contributed by atoms with Crippen molar-refractivity contribution < 1.29 is 27.4 Å². The molecule has 1 aromatic carbocycles. The number of hydrogen-bond acceptors (Lipinski definition) is 7. The Morgan fingerprint density at radius 2 is 2.03 bits per heavy atom. The molecular formula is C22H29N3O6S. The molecule has 0 radical (unpaired) electrons. The Morgan fingerprint density at radius 3 is 2.75 bits per heavy atom. The van der Waals surface area contributed by atoms with E-state index in [0.717, 1.165) is 18.4 Å². The van der Waals surface area contributed by atoms with Gasteiger partial charge in [0.2, 0.25) is 15.9 Å². The van der Waals surface area contributed by atoms with Gasteiger partial charge in [0.05, 0.1) is 37.4 Å². The standard InChI is InChI=1S/C22H29N3O6S/c1-3-4-12-31-22-17(6-5-9-23-22)16-24-21(26)19-15-18(7-8-20(19)29-2)32(27,28)25-10-13-30-14-11-25/h5-9,15H,3-4,10-14,16H2,1-2H3,(H,24,26). The molecule has 1 aliphatic heterocycles. The predicted octanol–water partition coefficient (Wildman–Crippen LogP) is 2.22. The van der Waals surface area contributed by atoms with Crippen LogP contribution in [0.1, 0.15) is 35.7 Å². The fourth-order valence-corrected chi connectivity index (χ4v) is 4.67. The van der Waals surface area contributed by atoms with Crippen molar-refractivity contribution in [3.05, 3.63) is 47.7 Å². The van der Waals surface area contributed by atoms with E-state index in [4.69, 9.17) is 14.2 Å². The van der Waals surface area contributed by atoms with E-state index in [9.17, 15) is 13.2 Å². The summed E-state index contributed by atoms with van der Waals surface area (Å²) in [5.74, 6) is 0.301. The van der Waals surface area contributed by atoms with Gasteiger partial charge in [-0.2, -0.15) is 4.31 Å². The van der Waals surface area contributed by atoms with Crippen molar-refractivity contribution >= 4 is 15.9 Å². The molecule has 0 bridgehead atoms. The first kappa shape index (κ1) is 24.0. The molecule has 1 saturated heterocycles. The number of sulfonamides is 1. The molecule has 10 heteroatoms. The number of unbranched alkanes of at least 4 members (excludes halogenated alkanes) is 1. The van der Waals surface area contributed by atoms with Crippen LogP contribution in [0.25, 0.3) is 0 Å². The van der Waals surface area contributed by atoms with Crippen LogP contribution in [0.3, 0.4) is 0 Å². The fraction of sp³-hybridized carbons (Fsp3) is 0.455. The van der Waals surface area contributed by atoms with Gasteiger partial charge in [0.25, 0.3) is 5.91 Å². The minimum atomic E-state index is -3.74. The monoisotopic (exact) mass is 463 g/mol. The van der Waals surface area contributed by atoms with Crippen molar-refractivity contribution in [2.24, 2.45) is 0 Å². The van der Waals surface area contributed by atoms with Crippen LogP contribution in [0.15, 0.2) is 41.4 Å². The lowest BCUT2D eigenvalue weighted by Gasteiger charge is -2.26. The summed E-state index contributed by atoms with van der Waals surface area (Å²) in [5.41, 5.74) is 0.868. The average Bonchev–Trinajstić information content (AvgIpc) is 2.83. The zero-order valence-corrected chi connectivity index (χ0v) is 19.2. The van der Waals surface area contributed by atoms with E-state index in [1.807, 2.05) is 6.07 Å². The topological polar surface area (TPSA) is 107 Å². The molecule has 9 nitrogen and oxygen atoms in total. The number of methoxy groups -OCH3 is 1. The summed E-state index contributed by atoms with van der Waals surface area (Å²) in [5, 5.41) is 2.81. The Hall–Kier alpha value is -2.69. The molecule has 2 aromatic rings. The third-order valence-electron chi connectivity index (χ3n) is 5.05. The molecule has 0 unspecified atom stereocenters. The highest BCUT2D eigenvalue weighted by molar-refractivity contribution is 7.89. The van der Waals surface area contributed by atoms with Crippen molar-refractivity contribution in [1.82, 2.24) is 14.6 Å². The van der Waals surface area contributed by atoms with Gasteiger partial charge in [-0.05, 0) is 30.7 Å². The number of amides is 1. The van der Waals surface area contributed by atoms with E-state index in [1.54, 1.807) is 12.3 Å². The second kappa shape index (κ2) is 11.3. The van der Waals surface area contributed by atoms with Crippen molar-refractivity contribution in [2.45, 2.75) is 31.2 Å². The number of nitrogens with one attached hydrogen (secondary N) is 1. The molecule has 1 N–H and O–H groups in total. The second-order valence-corrected chi connectivity index (χ2v) is 9.17. The molecule has 1 aliphatic rings. The number of morpholine rings is 1. The van der Waals surface area contributed by atoms with Crippen molar-refractivity contribution in [3.8, 4) is 11.6 Å². The largest absolute Gasteiger partial charge is 0.496 e. The van der Waals surface area contributed by atoms with Crippen LogP contribution in [-0.4, -0.2) is 63.6 Å². The maximum atomic E-state index is 13.0. The molecule has 0 atom stereocenters. The molecule has 1 aromatic heterocycles. The van der Waals surface area contributed by atoms with Crippen LogP contribution in [0, 0.1) is 0 Å². The summed E-state index contributed by atoms with van der Waals surface area (Å²) in [4.78, 5) is 17.2. The Morgan fingerprint density at radius 1 is 1.25 bits per heavy atom. The summed E-state index contributed by atoms with van der Waals surface area (Å²) in [6.07, 6.45) is 3.54. The maximum absolute atomic E-state index is 13.0. The summed E-state index contributed by atoms with van der Waals surface area (Å²) >= 11 is 0. The van der Waals surface area contributed by atoms with Crippen molar-refractivity contribution in [2.75, 3.05) is 40.0 Å². The van der Waals surface area contributed by atoms with Crippen LogP contribution in [-0.2, 0) is 21.3 Å². The number of hydrogen-bond donors (Lipinski definition) is 1. The molecule has 32 heavy (non-hydrogen) atoms. The number of nitrogens with zero attached hydrogens (tertiary/aromatic N) is 2. The van der Waals surface area contributed by atoms with E-state index in [0.29, 0.717) is 25.7 Å². The molecule has 1 fully saturated rings. The quantitative estimate of drug-likeness (QED) is 0.539. The lowest BCUT2D eigenvalue weighted by Crippen LogP contribution is -2.40. The van der Waals surface area contributed by atoms with Gasteiger partial charge in [-0.3, -0.25) is 4.79 Å². The fourth-order valence-electron chi connectivity index (χ4n) is 3.23. The lowest BCUT2D eigenvalue weighted by molar-refractivity contribution is 0.0730. The summed E-state index contributed by atoms with van der Waals surface area (Å²) in [6.45, 7) is 4.04. The third kappa shape index (κ3) is 5.76. The highest BCUT2D eigenvalue weighted by Crippen LogP contribution is 2.25. The van der Waals surface area contributed by atoms with Crippen LogP contribution < -0.4 is 14.8 Å². The van der Waals surface area contributed by atoms with Gasteiger partial charge >= 0.3 is 0 Å². The van der Waals surface area contributed by atoms with Crippen LogP contribution in [0.5, 0.6) is 11.6 Å². The Bertz CT molecular complexity index is 1020. The third-order valence-corrected chi connectivity index (χ3v) is 6.94. The molecule has 1 amide bonds. The highest BCUT2D eigenvalue weighted by Gasteiger charge is 2.28. The van der Waals surface area contributed by atoms with Gasteiger partial charge in [-0.1, -0.05) is 19.4 Å². The van der Waals surface area contributed by atoms with Crippen molar-refractivity contribution in [3.63, 3.8) is 0 Å². The zero-order valence-electron chi connectivity index (χ0n) is 18.4. The van der Waals surface area contributed by atoms with Crippen LogP contribution in [0.4, 0.5) is 0 Å². The van der Waals surface area contributed by atoms with E-state index in [-0.39, 0.29) is 35.8 Å².